The van der Waals surface area contributed by atoms with E-state index < -0.39 is 0 Å². The fraction of sp³-hybridized carbons (Fsp3) is 0.429. The van der Waals surface area contributed by atoms with Gasteiger partial charge >= 0.3 is 0 Å². The van der Waals surface area contributed by atoms with Crippen LogP contribution < -0.4 is 0 Å². The molecule has 0 spiro atoms. The van der Waals surface area contributed by atoms with Gasteiger partial charge in [0.25, 0.3) is 0 Å². The molecule has 0 aliphatic carbocycles. The molecule has 0 saturated carbocycles. The lowest BCUT2D eigenvalue weighted by atomic mass is 10.2. The molecular formula is C14H17N5O. The Morgan fingerprint density at radius 1 is 1.35 bits per heavy atom. The average molecular weight is 271 g/mol. The SMILES string of the molecule is [C-]#[N+]CCn1nnnc1C(C)COCc1ccccc1. The van der Waals surface area contributed by atoms with Crippen molar-refractivity contribution in [2.75, 3.05) is 13.2 Å². The summed E-state index contributed by atoms with van der Waals surface area (Å²) in [4.78, 5) is 3.32. The fourth-order valence-corrected chi connectivity index (χ4v) is 1.87. The minimum Gasteiger partial charge on any atom is -0.376 e. The van der Waals surface area contributed by atoms with Gasteiger partial charge in [-0.2, -0.15) is 0 Å². The highest BCUT2D eigenvalue weighted by Crippen LogP contribution is 2.12. The van der Waals surface area contributed by atoms with Gasteiger partial charge in [0.15, 0.2) is 5.82 Å². The summed E-state index contributed by atoms with van der Waals surface area (Å²) in [7, 11) is 0. The summed E-state index contributed by atoms with van der Waals surface area (Å²) < 4.78 is 7.37. The average Bonchev–Trinajstić information content (AvgIpc) is 2.94. The molecule has 6 nitrogen and oxygen atoms in total. The summed E-state index contributed by atoms with van der Waals surface area (Å²) in [6.45, 7) is 10.9. The highest BCUT2D eigenvalue weighted by atomic mass is 16.5. The molecule has 0 N–H and O–H groups in total. The van der Waals surface area contributed by atoms with Crippen LogP contribution in [0.4, 0.5) is 0 Å². The maximum atomic E-state index is 6.81. The van der Waals surface area contributed by atoms with Crippen molar-refractivity contribution in [2.45, 2.75) is 26.0 Å². The van der Waals surface area contributed by atoms with E-state index in [1.807, 2.05) is 37.3 Å². The third kappa shape index (κ3) is 3.87. The van der Waals surface area contributed by atoms with Crippen LogP contribution in [0.1, 0.15) is 24.2 Å². The summed E-state index contributed by atoms with van der Waals surface area (Å²) >= 11 is 0. The van der Waals surface area contributed by atoms with E-state index in [1.54, 1.807) is 4.68 Å². The molecule has 1 atom stereocenters. The predicted octanol–water partition coefficient (Wildman–Crippen LogP) is 1.91. The molecule has 2 rings (SSSR count). The lowest BCUT2D eigenvalue weighted by Crippen LogP contribution is -2.14. The number of rotatable bonds is 7. The van der Waals surface area contributed by atoms with Crippen molar-refractivity contribution in [2.24, 2.45) is 0 Å². The summed E-state index contributed by atoms with van der Waals surface area (Å²) in [6.07, 6.45) is 0. The van der Waals surface area contributed by atoms with Gasteiger partial charge < -0.3 is 9.58 Å². The second-order valence-electron chi connectivity index (χ2n) is 4.54. The van der Waals surface area contributed by atoms with Gasteiger partial charge in [-0.3, -0.25) is 0 Å². The van der Waals surface area contributed by atoms with Crippen molar-refractivity contribution in [1.29, 1.82) is 0 Å². The second-order valence-corrected chi connectivity index (χ2v) is 4.54. The Balaban J connectivity index is 1.84. The maximum absolute atomic E-state index is 6.81. The predicted molar refractivity (Wildman–Crippen MR) is 73.8 cm³/mol. The van der Waals surface area contributed by atoms with Gasteiger partial charge in [-0.1, -0.05) is 37.3 Å². The normalized spacial score (nSPS) is 12.0. The Hall–Kier alpha value is -2.26. The third-order valence-corrected chi connectivity index (χ3v) is 2.90. The smallest absolute Gasteiger partial charge is 0.234 e. The van der Waals surface area contributed by atoms with Gasteiger partial charge in [-0.25, -0.2) is 11.3 Å². The van der Waals surface area contributed by atoms with E-state index in [4.69, 9.17) is 11.3 Å². The van der Waals surface area contributed by atoms with E-state index in [-0.39, 0.29) is 5.92 Å². The van der Waals surface area contributed by atoms with E-state index in [0.29, 0.717) is 26.3 Å². The Kier molecular flexibility index (Phi) is 5.21. The van der Waals surface area contributed by atoms with Crippen molar-refractivity contribution in [3.8, 4) is 0 Å². The lowest BCUT2D eigenvalue weighted by Gasteiger charge is -2.11. The number of hydrogen-bond acceptors (Lipinski definition) is 4. The monoisotopic (exact) mass is 271 g/mol. The van der Waals surface area contributed by atoms with Gasteiger partial charge in [0.2, 0.25) is 6.54 Å². The van der Waals surface area contributed by atoms with E-state index in [2.05, 4.69) is 20.4 Å². The lowest BCUT2D eigenvalue weighted by molar-refractivity contribution is 0.107. The van der Waals surface area contributed by atoms with Crippen molar-refractivity contribution >= 4 is 0 Å². The minimum absolute atomic E-state index is 0.0967. The molecule has 0 radical (unpaired) electrons. The molecule has 104 valence electrons. The second kappa shape index (κ2) is 7.36. The van der Waals surface area contributed by atoms with Crippen LogP contribution in [0.15, 0.2) is 30.3 Å². The molecule has 1 unspecified atom stereocenters. The van der Waals surface area contributed by atoms with Crippen LogP contribution in [-0.2, 0) is 17.9 Å². The van der Waals surface area contributed by atoms with E-state index in [1.165, 1.54) is 0 Å². The van der Waals surface area contributed by atoms with Gasteiger partial charge in [0.1, 0.15) is 6.54 Å². The first-order valence-electron chi connectivity index (χ1n) is 6.52. The summed E-state index contributed by atoms with van der Waals surface area (Å²) in [5, 5.41) is 11.6. The molecule has 0 amide bonds. The molecule has 0 fully saturated rings. The van der Waals surface area contributed by atoms with Crippen molar-refractivity contribution in [3.63, 3.8) is 0 Å². The topological polar surface area (TPSA) is 57.2 Å². The molecule has 0 saturated heterocycles. The van der Waals surface area contributed by atoms with Gasteiger partial charge in [0.05, 0.1) is 13.2 Å². The molecule has 20 heavy (non-hydrogen) atoms. The van der Waals surface area contributed by atoms with Crippen LogP contribution in [0.2, 0.25) is 0 Å². The molecule has 1 aromatic carbocycles. The number of aromatic nitrogens is 4. The molecule has 0 aliphatic rings. The Bertz CT molecular complexity index is 560. The molecule has 0 aliphatic heterocycles. The highest BCUT2D eigenvalue weighted by Gasteiger charge is 2.15. The largest absolute Gasteiger partial charge is 0.376 e. The van der Waals surface area contributed by atoms with Gasteiger partial charge in [-0.15, -0.1) is 5.10 Å². The number of nitrogens with zero attached hydrogens (tertiary/aromatic N) is 5. The van der Waals surface area contributed by atoms with Crippen LogP contribution in [0.25, 0.3) is 4.85 Å². The molecule has 6 heteroatoms. The highest BCUT2D eigenvalue weighted by molar-refractivity contribution is 5.13. The number of benzene rings is 1. The zero-order valence-corrected chi connectivity index (χ0v) is 11.4. The van der Waals surface area contributed by atoms with E-state index in [0.717, 1.165) is 11.4 Å². The van der Waals surface area contributed by atoms with Crippen LogP contribution in [0, 0.1) is 6.57 Å². The number of hydrogen-bond donors (Lipinski definition) is 0. The summed E-state index contributed by atoms with van der Waals surface area (Å²) in [6, 6.07) is 10.0. The van der Waals surface area contributed by atoms with Crippen LogP contribution in [0.5, 0.6) is 0 Å². The molecular weight excluding hydrogens is 254 g/mol. The van der Waals surface area contributed by atoms with Crippen molar-refractivity contribution in [3.05, 3.63) is 53.1 Å². The van der Waals surface area contributed by atoms with E-state index in [9.17, 15) is 0 Å². The molecule has 1 aromatic heterocycles. The van der Waals surface area contributed by atoms with E-state index >= 15 is 0 Å². The Morgan fingerprint density at radius 3 is 2.90 bits per heavy atom. The summed E-state index contributed by atoms with van der Waals surface area (Å²) in [5.41, 5.74) is 1.15. The standard InChI is InChI=1S/C14H17N5O/c1-12(10-20-11-13-6-4-3-5-7-13)14-16-17-18-19(14)9-8-15-2/h3-7,12H,8-11H2,1H3. The minimum atomic E-state index is 0.0967. The van der Waals surface area contributed by atoms with Crippen LogP contribution >= 0.6 is 0 Å². The summed E-state index contributed by atoms with van der Waals surface area (Å²) in [5.74, 6) is 0.862. The molecule has 2 aromatic rings. The van der Waals surface area contributed by atoms with Gasteiger partial charge in [0, 0.05) is 5.92 Å². The Morgan fingerprint density at radius 2 is 2.15 bits per heavy atom. The van der Waals surface area contributed by atoms with Crippen LogP contribution in [-0.4, -0.2) is 33.4 Å². The third-order valence-electron chi connectivity index (χ3n) is 2.90. The zero-order valence-electron chi connectivity index (χ0n) is 11.4. The maximum Gasteiger partial charge on any atom is 0.234 e. The molecule has 0 bridgehead atoms. The fourth-order valence-electron chi connectivity index (χ4n) is 1.87. The van der Waals surface area contributed by atoms with Crippen molar-refractivity contribution < 1.29 is 4.74 Å². The number of ether oxygens (including phenoxy) is 1. The van der Waals surface area contributed by atoms with Crippen LogP contribution in [0.3, 0.4) is 0 Å². The quantitative estimate of drug-likeness (QED) is 0.722. The Labute approximate surface area is 118 Å². The van der Waals surface area contributed by atoms with Gasteiger partial charge in [-0.05, 0) is 16.0 Å². The van der Waals surface area contributed by atoms with Crippen molar-refractivity contribution in [1.82, 2.24) is 20.2 Å². The number of tetrazole rings is 1. The first kappa shape index (κ1) is 14.2. The molecule has 1 heterocycles. The first-order chi connectivity index (χ1) is 9.81. The first-order valence-corrected chi connectivity index (χ1v) is 6.52. The zero-order chi connectivity index (χ0) is 14.2.